The maximum atomic E-state index is 12.9. The monoisotopic (exact) mass is 394 g/mol. The predicted molar refractivity (Wildman–Crippen MR) is 101 cm³/mol. The average Bonchev–Trinajstić information content (AvgIpc) is 3.14. The Bertz CT molecular complexity index is 881. The molecule has 1 saturated heterocycles. The van der Waals surface area contributed by atoms with Crippen LogP contribution in [0, 0.1) is 6.92 Å². The van der Waals surface area contributed by atoms with Gasteiger partial charge in [0, 0.05) is 19.6 Å². The molecule has 140 valence electrons. The van der Waals surface area contributed by atoms with Crippen LogP contribution < -0.4 is 0 Å². The first kappa shape index (κ1) is 18.9. The molecule has 0 bridgehead atoms. The van der Waals surface area contributed by atoms with E-state index >= 15 is 0 Å². The summed E-state index contributed by atoms with van der Waals surface area (Å²) in [6.45, 7) is 2.27. The normalized spacial score (nSPS) is 18.8. The Morgan fingerprint density at radius 1 is 1.31 bits per heavy atom. The molecule has 1 aromatic carbocycles. The summed E-state index contributed by atoms with van der Waals surface area (Å²) in [4.78, 5) is 14.6. The van der Waals surface area contributed by atoms with Crippen molar-refractivity contribution in [2.75, 3.05) is 17.3 Å². The Balaban J connectivity index is 1.73. The molecule has 1 aromatic heterocycles. The van der Waals surface area contributed by atoms with Crippen LogP contribution in [0.1, 0.15) is 17.8 Å². The molecule has 1 aliphatic rings. The Morgan fingerprint density at radius 2 is 2.04 bits per heavy atom. The molecule has 7 nitrogen and oxygen atoms in total. The molecule has 0 spiro atoms. The highest BCUT2D eigenvalue weighted by Crippen LogP contribution is 2.23. The van der Waals surface area contributed by atoms with Gasteiger partial charge in [-0.25, -0.2) is 8.42 Å². The van der Waals surface area contributed by atoms with Gasteiger partial charge in [-0.05, 0) is 18.9 Å². The van der Waals surface area contributed by atoms with Crippen LogP contribution in [-0.4, -0.2) is 57.3 Å². The van der Waals surface area contributed by atoms with Crippen LogP contribution >= 0.6 is 11.8 Å². The van der Waals surface area contributed by atoms with Gasteiger partial charge in [0.2, 0.25) is 5.91 Å². The van der Waals surface area contributed by atoms with Crippen molar-refractivity contribution in [2.24, 2.45) is 7.05 Å². The molecule has 0 aliphatic carbocycles. The first-order valence-electron chi connectivity index (χ1n) is 8.38. The molecule has 26 heavy (non-hydrogen) atoms. The van der Waals surface area contributed by atoms with E-state index in [9.17, 15) is 13.2 Å². The maximum Gasteiger partial charge on any atom is 0.233 e. The van der Waals surface area contributed by atoms with Gasteiger partial charge < -0.3 is 9.47 Å². The number of rotatable bonds is 6. The van der Waals surface area contributed by atoms with Crippen LogP contribution in [0.4, 0.5) is 0 Å². The van der Waals surface area contributed by atoms with E-state index in [1.165, 1.54) is 11.8 Å². The van der Waals surface area contributed by atoms with Crippen LogP contribution in [0.15, 0.2) is 35.5 Å². The summed E-state index contributed by atoms with van der Waals surface area (Å²) in [6.07, 6.45) is 0.495. The highest BCUT2D eigenvalue weighted by molar-refractivity contribution is 7.99. The fraction of sp³-hybridized carbons (Fsp3) is 0.471. The second-order valence-electron chi connectivity index (χ2n) is 6.44. The second-order valence-corrected chi connectivity index (χ2v) is 9.61. The Kier molecular flexibility index (Phi) is 5.67. The van der Waals surface area contributed by atoms with Gasteiger partial charge in [-0.2, -0.15) is 0 Å². The summed E-state index contributed by atoms with van der Waals surface area (Å²) in [7, 11) is -1.21. The fourth-order valence-electron chi connectivity index (χ4n) is 2.94. The van der Waals surface area contributed by atoms with E-state index in [4.69, 9.17) is 0 Å². The van der Waals surface area contributed by atoms with Gasteiger partial charge in [0.1, 0.15) is 5.82 Å². The SMILES string of the molecule is Cc1nnc(SCC(=O)N(Cc2ccccc2)[C@@H]2CCS(=O)(=O)C2)n1C. The molecule has 3 rings (SSSR count). The third-order valence-corrected chi connectivity index (χ3v) is 7.30. The van der Waals surface area contributed by atoms with Crippen LogP contribution in [0.3, 0.4) is 0 Å². The minimum absolute atomic E-state index is 0.0410. The van der Waals surface area contributed by atoms with Crippen LogP contribution in [0.25, 0.3) is 0 Å². The molecular formula is C17H22N4O3S2. The Hall–Kier alpha value is -1.87. The molecule has 1 amide bonds. The van der Waals surface area contributed by atoms with Crippen molar-refractivity contribution in [3.63, 3.8) is 0 Å². The number of nitrogens with zero attached hydrogens (tertiary/aromatic N) is 4. The lowest BCUT2D eigenvalue weighted by Crippen LogP contribution is -2.41. The van der Waals surface area contributed by atoms with Crippen LogP contribution in [-0.2, 0) is 28.2 Å². The zero-order valence-corrected chi connectivity index (χ0v) is 16.5. The number of sulfone groups is 1. The zero-order valence-electron chi connectivity index (χ0n) is 14.8. The smallest absolute Gasteiger partial charge is 0.233 e. The number of hydrogen-bond acceptors (Lipinski definition) is 6. The van der Waals surface area contributed by atoms with E-state index in [1.807, 2.05) is 48.9 Å². The molecule has 2 aromatic rings. The largest absolute Gasteiger partial charge is 0.334 e. The molecule has 0 radical (unpaired) electrons. The molecule has 9 heteroatoms. The number of thioether (sulfide) groups is 1. The van der Waals surface area contributed by atoms with Crippen molar-refractivity contribution in [3.8, 4) is 0 Å². The minimum atomic E-state index is -3.06. The molecule has 2 heterocycles. The summed E-state index contributed by atoms with van der Waals surface area (Å²) >= 11 is 1.32. The first-order chi connectivity index (χ1) is 12.4. The van der Waals surface area contributed by atoms with Gasteiger partial charge in [0.15, 0.2) is 15.0 Å². The van der Waals surface area contributed by atoms with Gasteiger partial charge in [0.25, 0.3) is 0 Å². The predicted octanol–water partition coefficient (Wildman–Crippen LogP) is 1.43. The van der Waals surface area contributed by atoms with E-state index in [2.05, 4.69) is 10.2 Å². The molecule has 1 atom stereocenters. The number of amides is 1. The van der Waals surface area contributed by atoms with Gasteiger partial charge >= 0.3 is 0 Å². The van der Waals surface area contributed by atoms with Crippen LogP contribution in [0.2, 0.25) is 0 Å². The highest BCUT2D eigenvalue weighted by Gasteiger charge is 2.34. The molecule has 1 aliphatic heterocycles. The fourth-order valence-corrected chi connectivity index (χ4v) is 5.52. The molecule has 1 fully saturated rings. The number of hydrogen-bond donors (Lipinski definition) is 0. The van der Waals surface area contributed by atoms with E-state index in [0.29, 0.717) is 18.1 Å². The van der Waals surface area contributed by atoms with E-state index in [1.54, 1.807) is 4.90 Å². The standard InChI is InChI=1S/C17H22N4O3S2/c1-13-18-19-17(20(13)2)25-11-16(22)21(10-14-6-4-3-5-7-14)15-8-9-26(23,24)12-15/h3-7,15H,8-12H2,1-2H3/t15-/m1/s1. The van der Waals surface area contributed by atoms with Crippen molar-refractivity contribution >= 4 is 27.5 Å². The Morgan fingerprint density at radius 3 is 2.62 bits per heavy atom. The summed E-state index contributed by atoms with van der Waals surface area (Å²) in [5, 5.41) is 8.73. The lowest BCUT2D eigenvalue weighted by Gasteiger charge is -2.28. The third kappa shape index (κ3) is 4.45. The summed E-state index contributed by atoms with van der Waals surface area (Å²) in [5.74, 6) is 1.09. The topological polar surface area (TPSA) is 85.2 Å². The lowest BCUT2D eigenvalue weighted by atomic mass is 10.1. The molecule has 0 N–H and O–H groups in total. The van der Waals surface area contributed by atoms with Gasteiger partial charge in [0.05, 0.1) is 17.3 Å². The van der Waals surface area contributed by atoms with Crippen molar-refractivity contribution in [2.45, 2.75) is 31.1 Å². The zero-order chi connectivity index (χ0) is 18.7. The summed E-state index contributed by atoms with van der Waals surface area (Å²) < 4.78 is 25.6. The molecule has 0 saturated carbocycles. The van der Waals surface area contributed by atoms with E-state index in [-0.39, 0.29) is 29.2 Å². The van der Waals surface area contributed by atoms with Crippen LogP contribution in [0.5, 0.6) is 0 Å². The van der Waals surface area contributed by atoms with Crippen molar-refractivity contribution in [3.05, 3.63) is 41.7 Å². The lowest BCUT2D eigenvalue weighted by molar-refractivity contribution is -0.130. The summed E-state index contributed by atoms with van der Waals surface area (Å²) in [6, 6.07) is 9.38. The van der Waals surface area contributed by atoms with E-state index in [0.717, 1.165) is 11.4 Å². The van der Waals surface area contributed by atoms with Gasteiger partial charge in [-0.3, -0.25) is 4.79 Å². The van der Waals surface area contributed by atoms with E-state index < -0.39 is 9.84 Å². The third-order valence-electron chi connectivity index (χ3n) is 4.54. The number of carbonyl (C=O) groups is 1. The number of aryl methyl sites for hydroxylation is 1. The number of aromatic nitrogens is 3. The Labute approximate surface area is 157 Å². The maximum absolute atomic E-state index is 12.9. The molecular weight excluding hydrogens is 372 g/mol. The quantitative estimate of drug-likeness (QED) is 0.689. The molecule has 0 unspecified atom stereocenters. The first-order valence-corrected chi connectivity index (χ1v) is 11.2. The van der Waals surface area contributed by atoms with Crippen molar-refractivity contribution in [1.82, 2.24) is 19.7 Å². The van der Waals surface area contributed by atoms with Crippen molar-refractivity contribution < 1.29 is 13.2 Å². The number of benzene rings is 1. The highest BCUT2D eigenvalue weighted by atomic mass is 32.2. The average molecular weight is 395 g/mol. The number of carbonyl (C=O) groups excluding carboxylic acids is 1. The van der Waals surface area contributed by atoms with Gasteiger partial charge in [-0.1, -0.05) is 42.1 Å². The van der Waals surface area contributed by atoms with Gasteiger partial charge in [-0.15, -0.1) is 10.2 Å². The second kappa shape index (κ2) is 7.79. The summed E-state index contributed by atoms with van der Waals surface area (Å²) in [5.41, 5.74) is 0.990. The van der Waals surface area contributed by atoms with Crippen molar-refractivity contribution in [1.29, 1.82) is 0 Å². The minimum Gasteiger partial charge on any atom is -0.334 e.